The minimum Gasteiger partial charge on any atom is -0.339 e. The number of benzene rings is 2. The smallest absolute Gasteiger partial charge is 0.253 e. The summed E-state index contributed by atoms with van der Waals surface area (Å²) in [6.07, 6.45) is 3.33. The summed E-state index contributed by atoms with van der Waals surface area (Å²) in [6, 6.07) is 17.3. The van der Waals surface area contributed by atoms with Crippen LogP contribution in [0.3, 0.4) is 0 Å². The van der Waals surface area contributed by atoms with Crippen molar-refractivity contribution in [1.82, 2.24) is 4.90 Å². The average Bonchev–Trinajstić information content (AvgIpc) is 2.73. The Hall–Kier alpha value is -2.27. The standard InChI is InChI=1S/C22H26N2O2S/c1-17(16-27-20-11-4-2-5-12-20)21(25)23-19-10-8-9-18(15-19)22(26)24-13-6-3-7-14-24/h2,4-5,8-12,15,17H,3,6-7,13-14,16H2,1H3,(H,23,25). The molecule has 2 aromatic carbocycles. The maximum atomic E-state index is 12.6. The molecule has 0 saturated carbocycles. The van der Waals surface area contributed by atoms with Crippen LogP contribution in [0.4, 0.5) is 5.69 Å². The number of carbonyl (C=O) groups excluding carboxylic acids is 2. The van der Waals surface area contributed by atoms with Gasteiger partial charge in [-0.25, -0.2) is 0 Å². The van der Waals surface area contributed by atoms with Crippen LogP contribution in [-0.2, 0) is 4.79 Å². The quantitative estimate of drug-likeness (QED) is 0.738. The summed E-state index contributed by atoms with van der Waals surface area (Å²) in [5.74, 6) is 0.610. The predicted molar refractivity (Wildman–Crippen MR) is 111 cm³/mol. The Kier molecular flexibility index (Phi) is 6.93. The van der Waals surface area contributed by atoms with Gasteiger partial charge < -0.3 is 10.2 Å². The Balaban J connectivity index is 1.56. The predicted octanol–water partition coefficient (Wildman–Crippen LogP) is 4.68. The Morgan fingerprint density at radius 1 is 1.04 bits per heavy atom. The molecule has 1 heterocycles. The van der Waals surface area contributed by atoms with Crippen LogP contribution in [0.25, 0.3) is 0 Å². The lowest BCUT2D eigenvalue weighted by atomic mass is 10.1. The molecule has 0 aliphatic carbocycles. The molecule has 1 N–H and O–H groups in total. The third kappa shape index (κ3) is 5.60. The molecule has 2 aromatic rings. The van der Waals surface area contributed by atoms with E-state index in [1.165, 1.54) is 6.42 Å². The van der Waals surface area contributed by atoms with E-state index >= 15 is 0 Å². The second kappa shape index (κ2) is 9.60. The van der Waals surface area contributed by atoms with E-state index in [9.17, 15) is 9.59 Å². The van der Waals surface area contributed by atoms with E-state index in [-0.39, 0.29) is 17.7 Å². The van der Waals surface area contributed by atoms with Crippen molar-refractivity contribution in [1.29, 1.82) is 0 Å². The van der Waals surface area contributed by atoms with Crippen molar-refractivity contribution >= 4 is 29.3 Å². The largest absolute Gasteiger partial charge is 0.339 e. The number of nitrogens with one attached hydrogen (secondary N) is 1. The van der Waals surface area contributed by atoms with Crippen molar-refractivity contribution in [3.05, 3.63) is 60.2 Å². The highest BCUT2D eigenvalue weighted by molar-refractivity contribution is 7.99. The first kappa shape index (κ1) is 19.5. The Morgan fingerprint density at radius 3 is 2.52 bits per heavy atom. The fraction of sp³-hybridized carbons (Fsp3) is 0.364. The molecule has 0 spiro atoms. The molecular formula is C22H26N2O2S. The van der Waals surface area contributed by atoms with Crippen molar-refractivity contribution in [2.45, 2.75) is 31.1 Å². The number of hydrogen-bond acceptors (Lipinski definition) is 3. The third-order valence-electron chi connectivity index (χ3n) is 4.71. The fourth-order valence-electron chi connectivity index (χ4n) is 3.09. The van der Waals surface area contributed by atoms with Crippen LogP contribution in [0, 0.1) is 5.92 Å². The fourth-order valence-corrected chi connectivity index (χ4v) is 4.03. The highest BCUT2D eigenvalue weighted by Crippen LogP contribution is 2.21. The molecule has 0 aromatic heterocycles. The molecule has 0 bridgehead atoms. The first-order chi connectivity index (χ1) is 13.1. The number of hydrogen-bond donors (Lipinski definition) is 1. The molecule has 3 rings (SSSR count). The second-order valence-corrected chi connectivity index (χ2v) is 8.04. The number of piperidine rings is 1. The van der Waals surface area contributed by atoms with E-state index in [1.54, 1.807) is 17.8 Å². The molecule has 1 aliphatic rings. The number of rotatable bonds is 6. The number of carbonyl (C=O) groups is 2. The molecule has 1 atom stereocenters. The van der Waals surface area contributed by atoms with Crippen molar-refractivity contribution < 1.29 is 9.59 Å². The molecule has 1 saturated heterocycles. The Labute approximate surface area is 165 Å². The number of amides is 2. The van der Waals surface area contributed by atoms with E-state index in [0.29, 0.717) is 17.0 Å². The van der Waals surface area contributed by atoms with E-state index in [1.807, 2.05) is 60.4 Å². The van der Waals surface area contributed by atoms with E-state index < -0.39 is 0 Å². The molecule has 142 valence electrons. The highest BCUT2D eigenvalue weighted by Gasteiger charge is 2.19. The van der Waals surface area contributed by atoms with Gasteiger partial charge >= 0.3 is 0 Å². The molecule has 0 radical (unpaired) electrons. The number of nitrogens with zero attached hydrogens (tertiary/aromatic N) is 1. The van der Waals surface area contributed by atoms with Gasteiger partial charge in [-0.1, -0.05) is 31.2 Å². The molecule has 2 amide bonds. The summed E-state index contributed by atoms with van der Waals surface area (Å²) in [5, 5.41) is 2.95. The number of thioether (sulfide) groups is 1. The molecule has 27 heavy (non-hydrogen) atoms. The third-order valence-corrected chi connectivity index (χ3v) is 5.98. The Bertz CT molecular complexity index is 773. The summed E-state index contributed by atoms with van der Waals surface area (Å²) in [6.45, 7) is 3.57. The first-order valence-electron chi connectivity index (χ1n) is 9.51. The van der Waals surface area contributed by atoms with Crippen molar-refractivity contribution in [2.75, 3.05) is 24.2 Å². The lowest BCUT2D eigenvalue weighted by molar-refractivity contribution is -0.118. The summed E-state index contributed by atoms with van der Waals surface area (Å²) < 4.78 is 0. The van der Waals surface area contributed by atoms with Gasteiger partial charge in [-0.3, -0.25) is 9.59 Å². The average molecular weight is 383 g/mol. The van der Waals surface area contributed by atoms with Gasteiger partial charge in [0.05, 0.1) is 0 Å². The monoisotopic (exact) mass is 382 g/mol. The molecule has 1 unspecified atom stereocenters. The van der Waals surface area contributed by atoms with Crippen molar-refractivity contribution in [2.24, 2.45) is 5.92 Å². The van der Waals surface area contributed by atoms with Crippen molar-refractivity contribution in [3.8, 4) is 0 Å². The van der Waals surface area contributed by atoms with Gasteiger partial charge in [0.1, 0.15) is 0 Å². The maximum absolute atomic E-state index is 12.6. The summed E-state index contributed by atoms with van der Waals surface area (Å²) >= 11 is 1.67. The van der Waals surface area contributed by atoms with E-state index in [2.05, 4.69) is 5.32 Å². The zero-order valence-corrected chi connectivity index (χ0v) is 16.5. The van der Waals surface area contributed by atoms with Crippen LogP contribution in [0.2, 0.25) is 0 Å². The lowest BCUT2D eigenvalue weighted by Crippen LogP contribution is -2.35. The lowest BCUT2D eigenvalue weighted by Gasteiger charge is -2.26. The van der Waals surface area contributed by atoms with Gasteiger partial charge in [0.25, 0.3) is 5.91 Å². The number of anilines is 1. The van der Waals surface area contributed by atoms with Crippen LogP contribution in [0.15, 0.2) is 59.5 Å². The van der Waals surface area contributed by atoms with Crippen LogP contribution < -0.4 is 5.32 Å². The van der Waals surface area contributed by atoms with Crippen molar-refractivity contribution in [3.63, 3.8) is 0 Å². The normalized spacial score (nSPS) is 15.2. The van der Waals surface area contributed by atoms with E-state index in [4.69, 9.17) is 0 Å². The summed E-state index contributed by atoms with van der Waals surface area (Å²) in [4.78, 5) is 28.2. The van der Waals surface area contributed by atoms with Gasteiger partial charge in [-0.05, 0) is 49.6 Å². The zero-order chi connectivity index (χ0) is 19.1. The molecule has 1 aliphatic heterocycles. The maximum Gasteiger partial charge on any atom is 0.253 e. The van der Waals surface area contributed by atoms with Crippen LogP contribution in [0.1, 0.15) is 36.5 Å². The van der Waals surface area contributed by atoms with E-state index in [0.717, 1.165) is 30.8 Å². The van der Waals surface area contributed by atoms with Crippen LogP contribution in [0.5, 0.6) is 0 Å². The number of likely N-dealkylation sites (tertiary alicyclic amines) is 1. The van der Waals surface area contributed by atoms with Crippen LogP contribution in [-0.4, -0.2) is 35.6 Å². The highest BCUT2D eigenvalue weighted by atomic mass is 32.2. The topological polar surface area (TPSA) is 49.4 Å². The second-order valence-electron chi connectivity index (χ2n) is 6.95. The van der Waals surface area contributed by atoms with Gasteiger partial charge in [0.2, 0.25) is 5.91 Å². The van der Waals surface area contributed by atoms with Gasteiger partial charge in [-0.2, -0.15) is 0 Å². The van der Waals surface area contributed by atoms with Gasteiger partial charge in [0.15, 0.2) is 0 Å². The van der Waals surface area contributed by atoms with Gasteiger partial charge in [0, 0.05) is 40.9 Å². The molecular weight excluding hydrogens is 356 g/mol. The minimum atomic E-state index is -0.128. The molecule has 1 fully saturated rings. The SMILES string of the molecule is CC(CSc1ccccc1)C(=O)Nc1cccc(C(=O)N2CCCCC2)c1. The summed E-state index contributed by atoms with van der Waals surface area (Å²) in [5.41, 5.74) is 1.32. The van der Waals surface area contributed by atoms with Crippen LogP contribution >= 0.6 is 11.8 Å². The minimum absolute atomic E-state index is 0.0268. The molecule has 4 nitrogen and oxygen atoms in total. The summed E-state index contributed by atoms with van der Waals surface area (Å²) in [7, 11) is 0. The van der Waals surface area contributed by atoms with Gasteiger partial charge in [-0.15, -0.1) is 11.8 Å². The zero-order valence-electron chi connectivity index (χ0n) is 15.7. The first-order valence-corrected chi connectivity index (χ1v) is 10.5. The molecule has 5 heteroatoms. The Morgan fingerprint density at radius 2 is 1.78 bits per heavy atom.